The van der Waals surface area contributed by atoms with Gasteiger partial charge in [0.05, 0.1) is 18.8 Å². The minimum absolute atomic E-state index is 0.00616. The monoisotopic (exact) mass is 573 g/mol. The van der Waals surface area contributed by atoms with Crippen LogP contribution < -0.4 is 15.2 Å². The molecule has 0 unspecified atom stereocenters. The molecule has 2 aromatic rings. The van der Waals surface area contributed by atoms with Crippen LogP contribution in [0, 0.1) is 0 Å². The maximum atomic E-state index is 12.7. The highest BCUT2D eigenvalue weighted by Gasteiger charge is 2.25. The van der Waals surface area contributed by atoms with Crippen LogP contribution in [0.4, 0.5) is 9.59 Å². The SMILES string of the molecule is CCCCOC(=O)Oc1ccc(C[C@H](N)C(=O)O[C@@H](C)[C@H](C)OC(=O)c2ccccc2)cc1OC(=O)OCCCC. The Kier molecular flexibility index (Phi) is 14.2. The van der Waals surface area contributed by atoms with Gasteiger partial charge in [0.2, 0.25) is 0 Å². The molecule has 0 aliphatic heterocycles. The highest BCUT2D eigenvalue weighted by molar-refractivity contribution is 5.89. The van der Waals surface area contributed by atoms with E-state index in [-0.39, 0.29) is 31.1 Å². The molecule has 0 amide bonds. The van der Waals surface area contributed by atoms with Crippen molar-refractivity contribution in [2.75, 3.05) is 13.2 Å². The van der Waals surface area contributed by atoms with E-state index < -0.39 is 42.5 Å². The lowest BCUT2D eigenvalue weighted by atomic mass is 10.1. The Morgan fingerprint density at radius 2 is 1.32 bits per heavy atom. The van der Waals surface area contributed by atoms with Crippen molar-refractivity contribution in [3.8, 4) is 11.5 Å². The summed E-state index contributed by atoms with van der Waals surface area (Å²) in [7, 11) is 0. The molecule has 0 aromatic heterocycles. The molecule has 0 heterocycles. The van der Waals surface area contributed by atoms with Crippen LogP contribution in [0.2, 0.25) is 0 Å². The summed E-state index contributed by atoms with van der Waals surface area (Å²) in [4.78, 5) is 49.2. The van der Waals surface area contributed by atoms with Crippen LogP contribution in [0.3, 0.4) is 0 Å². The smallest absolute Gasteiger partial charge is 0.458 e. The van der Waals surface area contributed by atoms with Crippen molar-refractivity contribution >= 4 is 24.2 Å². The van der Waals surface area contributed by atoms with E-state index in [1.54, 1.807) is 50.2 Å². The van der Waals surface area contributed by atoms with Crippen LogP contribution in [-0.2, 0) is 30.2 Å². The number of ether oxygens (including phenoxy) is 6. The van der Waals surface area contributed by atoms with Gasteiger partial charge in [-0.25, -0.2) is 14.4 Å². The van der Waals surface area contributed by atoms with E-state index in [1.165, 1.54) is 12.1 Å². The van der Waals surface area contributed by atoms with E-state index in [0.717, 1.165) is 12.8 Å². The third-order valence-electron chi connectivity index (χ3n) is 5.85. The van der Waals surface area contributed by atoms with Gasteiger partial charge in [-0.1, -0.05) is 51.0 Å². The van der Waals surface area contributed by atoms with Gasteiger partial charge in [0.25, 0.3) is 0 Å². The first-order valence-electron chi connectivity index (χ1n) is 13.7. The Bertz CT molecular complexity index is 1140. The minimum atomic E-state index is -1.09. The van der Waals surface area contributed by atoms with Gasteiger partial charge >= 0.3 is 24.2 Å². The van der Waals surface area contributed by atoms with Gasteiger partial charge in [-0.05, 0) is 62.9 Å². The average molecular weight is 574 g/mol. The van der Waals surface area contributed by atoms with Crippen LogP contribution in [0.1, 0.15) is 69.3 Å². The summed E-state index contributed by atoms with van der Waals surface area (Å²) in [5, 5.41) is 0. The molecule has 0 spiro atoms. The molecule has 2 rings (SSSR count). The molecule has 2 aromatic carbocycles. The highest BCUT2D eigenvalue weighted by atomic mass is 16.7. The van der Waals surface area contributed by atoms with Crippen molar-refractivity contribution in [3.05, 3.63) is 59.7 Å². The van der Waals surface area contributed by atoms with Gasteiger partial charge in [-0.2, -0.15) is 0 Å². The van der Waals surface area contributed by atoms with Crippen molar-refractivity contribution in [2.45, 2.75) is 78.0 Å². The number of unbranched alkanes of at least 4 members (excludes halogenated alkanes) is 2. The first kappa shape index (κ1) is 33.1. The van der Waals surface area contributed by atoms with Crippen molar-refractivity contribution in [1.82, 2.24) is 0 Å². The van der Waals surface area contributed by atoms with Crippen molar-refractivity contribution in [3.63, 3.8) is 0 Å². The number of hydrogen-bond acceptors (Lipinski definition) is 11. The molecule has 0 saturated carbocycles. The largest absolute Gasteiger partial charge is 0.513 e. The second-order valence-corrected chi connectivity index (χ2v) is 9.32. The topological polar surface area (TPSA) is 150 Å². The van der Waals surface area contributed by atoms with Gasteiger partial charge in [0, 0.05) is 0 Å². The summed E-state index contributed by atoms with van der Waals surface area (Å²) >= 11 is 0. The van der Waals surface area contributed by atoms with Crippen LogP contribution in [0.15, 0.2) is 48.5 Å². The molecular formula is C30H39NO10. The van der Waals surface area contributed by atoms with E-state index in [9.17, 15) is 19.2 Å². The normalized spacial score (nSPS) is 12.8. The first-order chi connectivity index (χ1) is 19.6. The summed E-state index contributed by atoms with van der Waals surface area (Å²) in [6.07, 6.45) is -0.446. The lowest BCUT2D eigenvalue weighted by Gasteiger charge is -2.22. The molecule has 2 N–H and O–H groups in total. The molecule has 3 atom stereocenters. The molecule has 0 saturated heterocycles. The summed E-state index contributed by atoms with van der Waals surface area (Å²) in [5.74, 6) is -1.43. The predicted octanol–water partition coefficient (Wildman–Crippen LogP) is 5.36. The second kappa shape index (κ2) is 17.5. The summed E-state index contributed by atoms with van der Waals surface area (Å²) in [6.45, 7) is 7.45. The maximum absolute atomic E-state index is 12.7. The van der Waals surface area contributed by atoms with E-state index in [1.807, 2.05) is 13.8 Å². The predicted molar refractivity (Wildman–Crippen MR) is 149 cm³/mol. The fraction of sp³-hybridized carbons (Fsp3) is 0.467. The zero-order valence-corrected chi connectivity index (χ0v) is 24.0. The molecule has 0 radical (unpaired) electrons. The van der Waals surface area contributed by atoms with Gasteiger partial charge in [0.15, 0.2) is 11.5 Å². The molecular weight excluding hydrogens is 534 g/mol. The summed E-state index contributed by atoms with van der Waals surface area (Å²) < 4.78 is 31.3. The number of esters is 2. The second-order valence-electron chi connectivity index (χ2n) is 9.32. The van der Waals surface area contributed by atoms with Crippen LogP contribution in [0.25, 0.3) is 0 Å². The molecule has 11 nitrogen and oxygen atoms in total. The molecule has 41 heavy (non-hydrogen) atoms. The van der Waals surface area contributed by atoms with E-state index >= 15 is 0 Å². The average Bonchev–Trinajstić information content (AvgIpc) is 2.95. The lowest BCUT2D eigenvalue weighted by molar-refractivity contribution is -0.154. The van der Waals surface area contributed by atoms with E-state index in [4.69, 9.17) is 34.2 Å². The number of nitrogens with two attached hydrogens (primary N) is 1. The Morgan fingerprint density at radius 3 is 1.90 bits per heavy atom. The van der Waals surface area contributed by atoms with Gasteiger partial charge < -0.3 is 34.2 Å². The van der Waals surface area contributed by atoms with Crippen molar-refractivity contribution < 1.29 is 47.6 Å². The molecule has 11 heteroatoms. The van der Waals surface area contributed by atoms with Crippen molar-refractivity contribution in [1.29, 1.82) is 0 Å². The number of carbonyl (C=O) groups excluding carboxylic acids is 4. The van der Waals surface area contributed by atoms with Gasteiger partial charge in [-0.15, -0.1) is 0 Å². The third-order valence-corrected chi connectivity index (χ3v) is 5.85. The Morgan fingerprint density at radius 1 is 0.756 bits per heavy atom. The van der Waals surface area contributed by atoms with E-state index in [2.05, 4.69) is 0 Å². The fourth-order valence-corrected chi connectivity index (χ4v) is 3.29. The summed E-state index contributed by atoms with van der Waals surface area (Å²) in [6, 6.07) is 11.7. The lowest BCUT2D eigenvalue weighted by Crippen LogP contribution is -2.39. The zero-order chi connectivity index (χ0) is 30.2. The zero-order valence-electron chi connectivity index (χ0n) is 24.0. The Hall–Kier alpha value is -4.12. The molecule has 0 aliphatic carbocycles. The molecule has 224 valence electrons. The Balaban J connectivity index is 2.03. The number of benzene rings is 2. The van der Waals surface area contributed by atoms with Crippen LogP contribution in [0.5, 0.6) is 11.5 Å². The standard InChI is InChI=1S/C30H39NO10/c1-5-7-16-36-29(34)40-25-15-14-22(19-26(25)41-30(35)37-17-8-6-2)18-24(31)28(33)39-21(4)20(3)38-27(32)23-12-10-9-11-13-23/h9-15,19-21,24H,5-8,16-18,31H2,1-4H3/t20-,21-,24-/m0/s1. The minimum Gasteiger partial charge on any atom is -0.458 e. The summed E-state index contributed by atoms with van der Waals surface area (Å²) in [5.41, 5.74) is 6.96. The highest BCUT2D eigenvalue weighted by Crippen LogP contribution is 2.30. The van der Waals surface area contributed by atoms with Crippen LogP contribution >= 0.6 is 0 Å². The quantitative estimate of drug-likeness (QED) is 0.127. The molecule has 0 aliphatic rings. The van der Waals surface area contributed by atoms with Gasteiger partial charge in [-0.3, -0.25) is 4.79 Å². The first-order valence-corrected chi connectivity index (χ1v) is 13.7. The number of rotatable bonds is 15. The Labute approximate surface area is 240 Å². The number of hydrogen-bond donors (Lipinski definition) is 1. The van der Waals surface area contributed by atoms with Crippen molar-refractivity contribution in [2.24, 2.45) is 5.73 Å². The third kappa shape index (κ3) is 11.9. The molecule has 0 fully saturated rings. The van der Waals surface area contributed by atoms with E-state index in [0.29, 0.717) is 24.0 Å². The maximum Gasteiger partial charge on any atom is 0.513 e. The molecule has 0 bridgehead atoms. The fourth-order valence-electron chi connectivity index (χ4n) is 3.29. The van der Waals surface area contributed by atoms with Gasteiger partial charge in [0.1, 0.15) is 18.2 Å². The number of carbonyl (C=O) groups is 4. The van der Waals surface area contributed by atoms with Crippen LogP contribution in [-0.4, -0.2) is 55.7 Å².